The van der Waals surface area contributed by atoms with E-state index in [0.29, 0.717) is 17.2 Å². The van der Waals surface area contributed by atoms with E-state index in [2.05, 4.69) is 11.9 Å². The number of carbonyl (C=O) groups excluding carboxylic acids is 1. The van der Waals surface area contributed by atoms with Gasteiger partial charge in [0, 0.05) is 4.88 Å². The van der Waals surface area contributed by atoms with E-state index < -0.39 is 5.97 Å². The molecule has 6 nitrogen and oxygen atoms in total. The summed E-state index contributed by atoms with van der Waals surface area (Å²) >= 11 is 1.62. The molecule has 25 heavy (non-hydrogen) atoms. The van der Waals surface area contributed by atoms with Crippen LogP contribution >= 0.6 is 11.3 Å². The lowest BCUT2D eigenvalue weighted by Gasteiger charge is -2.17. The topological polar surface area (TPSA) is 74.3 Å². The van der Waals surface area contributed by atoms with Gasteiger partial charge >= 0.3 is 5.97 Å². The fourth-order valence-electron chi connectivity index (χ4n) is 3.39. The van der Waals surface area contributed by atoms with Crippen LogP contribution in [0.5, 0.6) is 0 Å². The summed E-state index contributed by atoms with van der Waals surface area (Å²) in [6.07, 6.45) is 5.98. The van der Waals surface area contributed by atoms with Crippen molar-refractivity contribution in [2.45, 2.75) is 32.7 Å². The molecule has 0 fully saturated rings. The minimum Gasteiger partial charge on any atom is -0.467 e. The lowest BCUT2D eigenvalue weighted by atomic mass is 9.89. The van der Waals surface area contributed by atoms with Gasteiger partial charge in [0.2, 0.25) is 0 Å². The highest BCUT2D eigenvalue weighted by Gasteiger charge is 2.24. The number of nitrogens with zero attached hydrogens (tertiary/aromatic N) is 2. The highest BCUT2D eigenvalue weighted by Crippen LogP contribution is 2.35. The summed E-state index contributed by atoms with van der Waals surface area (Å²) in [5.74, 6) is 0.564. The standard InChI is InChI=1S/C18H18N2O4S/c1-10-3-4-12-14(7-10)25-16-15(12)17(21)20(9-19-16)8-13-11(5-6-24-13)18(22)23-2/h5-6,9-10H,3-4,7-8H2,1-2H3. The number of carbonyl (C=O) groups is 1. The van der Waals surface area contributed by atoms with Crippen LogP contribution in [0.2, 0.25) is 0 Å². The van der Waals surface area contributed by atoms with Crippen LogP contribution in [0, 0.1) is 5.92 Å². The van der Waals surface area contributed by atoms with Gasteiger partial charge in [-0.05, 0) is 36.8 Å². The molecule has 0 amide bonds. The molecule has 0 N–H and O–H groups in total. The molecule has 4 rings (SSSR count). The Bertz CT molecular complexity index is 1010. The molecule has 1 aliphatic carbocycles. The summed E-state index contributed by atoms with van der Waals surface area (Å²) in [4.78, 5) is 31.3. The fraction of sp³-hybridized carbons (Fsp3) is 0.389. The second-order valence-corrected chi connectivity index (χ2v) is 7.54. The molecule has 0 aliphatic heterocycles. The monoisotopic (exact) mass is 358 g/mol. The van der Waals surface area contributed by atoms with Crippen molar-refractivity contribution in [2.24, 2.45) is 5.92 Å². The van der Waals surface area contributed by atoms with E-state index in [1.54, 1.807) is 17.4 Å². The van der Waals surface area contributed by atoms with Crippen molar-refractivity contribution in [1.29, 1.82) is 0 Å². The molecule has 1 atom stereocenters. The van der Waals surface area contributed by atoms with Crippen LogP contribution in [-0.2, 0) is 24.1 Å². The van der Waals surface area contributed by atoms with Gasteiger partial charge in [0.05, 0.1) is 31.6 Å². The number of aryl methyl sites for hydroxylation is 1. The Hall–Kier alpha value is -2.41. The number of fused-ring (bicyclic) bond motifs is 3. The van der Waals surface area contributed by atoms with E-state index in [4.69, 9.17) is 9.15 Å². The van der Waals surface area contributed by atoms with Gasteiger partial charge in [-0.15, -0.1) is 11.3 Å². The Kier molecular flexibility index (Phi) is 3.95. The Morgan fingerprint density at radius 2 is 2.36 bits per heavy atom. The molecule has 3 heterocycles. The molecule has 0 bridgehead atoms. The van der Waals surface area contributed by atoms with Crippen LogP contribution < -0.4 is 5.56 Å². The normalized spacial score (nSPS) is 16.8. The smallest absolute Gasteiger partial charge is 0.341 e. The van der Waals surface area contributed by atoms with E-state index in [1.165, 1.54) is 29.1 Å². The third-order valence-corrected chi connectivity index (χ3v) is 5.91. The molecule has 3 aromatic heterocycles. The second-order valence-electron chi connectivity index (χ2n) is 6.46. The number of aromatic nitrogens is 2. The maximum absolute atomic E-state index is 13.0. The number of hydrogen-bond acceptors (Lipinski definition) is 6. The van der Waals surface area contributed by atoms with Gasteiger partial charge in [0.15, 0.2) is 0 Å². The first-order valence-electron chi connectivity index (χ1n) is 8.23. The number of rotatable bonds is 3. The number of ether oxygens (including phenoxy) is 1. The number of esters is 1. The lowest BCUT2D eigenvalue weighted by Crippen LogP contribution is -2.22. The maximum atomic E-state index is 13.0. The lowest BCUT2D eigenvalue weighted by molar-refractivity contribution is 0.0598. The molecule has 1 unspecified atom stereocenters. The van der Waals surface area contributed by atoms with Crippen molar-refractivity contribution >= 4 is 27.5 Å². The molecular weight excluding hydrogens is 340 g/mol. The van der Waals surface area contributed by atoms with Gasteiger partial charge in [-0.1, -0.05) is 6.92 Å². The Morgan fingerprint density at radius 3 is 3.16 bits per heavy atom. The molecule has 0 saturated carbocycles. The Morgan fingerprint density at radius 1 is 1.52 bits per heavy atom. The second kappa shape index (κ2) is 6.15. The summed E-state index contributed by atoms with van der Waals surface area (Å²) < 4.78 is 11.6. The number of furan rings is 1. The minimum absolute atomic E-state index is 0.0794. The Labute approximate surface area is 148 Å². The summed E-state index contributed by atoms with van der Waals surface area (Å²) in [6.45, 7) is 2.39. The minimum atomic E-state index is -0.479. The fourth-order valence-corrected chi connectivity index (χ4v) is 4.73. The van der Waals surface area contributed by atoms with E-state index in [1.807, 2.05) is 0 Å². The summed E-state index contributed by atoms with van der Waals surface area (Å²) in [5.41, 5.74) is 1.40. The van der Waals surface area contributed by atoms with Gasteiger partial charge < -0.3 is 9.15 Å². The molecule has 130 valence electrons. The van der Waals surface area contributed by atoms with Crippen LogP contribution in [0.4, 0.5) is 0 Å². The molecule has 3 aromatic rings. The highest BCUT2D eigenvalue weighted by atomic mass is 32.1. The quantitative estimate of drug-likeness (QED) is 0.673. The van der Waals surface area contributed by atoms with Crippen molar-refractivity contribution in [3.05, 3.63) is 50.8 Å². The van der Waals surface area contributed by atoms with E-state index in [9.17, 15) is 9.59 Å². The first-order chi connectivity index (χ1) is 12.1. The predicted octanol–water partition coefficient (Wildman–Crippen LogP) is 3.01. The van der Waals surface area contributed by atoms with E-state index >= 15 is 0 Å². The van der Waals surface area contributed by atoms with Crippen molar-refractivity contribution in [3.63, 3.8) is 0 Å². The molecule has 0 radical (unpaired) electrons. The van der Waals surface area contributed by atoms with Crippen LogP contribution in [-0.4, -0.2) is 22.6 Å². The van der Waals surface area contributed by atoms with Gasteiger partial charge in [-0.2, -0.15) is 0 Å². The van der Waals surface area contributed by atoms with Crippen molar-refractivity contribution in [1.82, 2.24) is 9.55 Å². The molecule has 7 heteroatoms. The van der Waals surface area contributed by atoms with Crippen LogP contribution in [0.1, 0.15) is 39.9 Å². The average Bonchev–Trinajstić information content (AvgIpc) is 3.20. The Balaban J connectivity index is 1.77. The molecule has 0 aromatic carbocycles. The SMILES string of the molecule is COC(=O)c1ccoc1Cn1cnc2sc3c(c2c1=O)CCC(C)C3. The van der Waals surface area contributed by atoms with Gasteiger partial charge in [0.1, 0.15) is 16.2 Å². The zero-order valence-corrected chi connectivity index (χ0v) is 14.9. The van der Waals surface area contributed by atoms with E-state index in [0.717, 1.165) is 35.0 Å². The molecule has 0 saturated heterocycles. The average molecular weight is 358 g/mol. The first kappa shape index (κ1) is 16.1. The van der Waals surface area contributed by atoms with Gasteiger partial charge in [-0.25, -0.2) is 9.78 Å². The highest BCUT2D eigenvalue weighted by molar-refractivity contribution is 7.18. The van der Waals surface area contributed by atoms with Crippen molar-refractivity contribution in [2.75, 3.05) is 7.11 Å². The van der Waals surface area contributed by atoms with Crippen LogP contribution in [0.25, 0.3) is 10.2 Å². The zero-order valence-electron chi connectivity index (χ0n) is 14.1. The largest absolute Gasteiger partial charge is 0.467 e. The first-order valence-corrected chi connectivity index (χ1v) is 9.04. The molecule has 0 spiro atoms. The van der Waals surface area contributed by atoms with Gasteiger partial charge in [-0.3, -0.25) is 9.36 Å². The third kappa shape index (κ3) is 2.68. The van der Waals surface area contributed by atoms with Crippen LogP contribution in [0.15, 0.2) is 27.9 Å². The summed E-state index contributed by atoms with van der Waals surface area (Å²) in [5, 5.41) is 0.723. The van der Waals surface area contributed by atoms with Gasteiger partial charge in [0.25, 0.3) is 5.56 Å². The summed E-state index contributed by atoms with van der Waals surface area (Å²) in [6, 6.07) is 1.55. The third-order valence-electron chi connectivity index (χ3n) is 4.75. The molecule has 1 aliphatic rings. The number of hydrogen-bond donors (Lipinski definition) is 0. The van der Waals surface area contributed by atoms with Crippen molar-refractivity contribution in [3.8, 4) is 0 Å². The predicted molar refractivity (Wildman–Crippen MR) is 94.2 cm³/mol. The van der Waals surface area contributed by atoms with E-state index in [-0.39, 0.29) is 12.1 Å². The number of thiophene rings is 1. The summed E-state index contributed by atoms with van der Waals surface area (Å²) in [7, 11) is 1.32. The van der Waals surface area contributed by atoms with Crippen molar-refractivity contribution < 1.29 is 13.9 Å². The maximum Gasteiger partial charge on any atom is 0.341 e. The zero-order chi connectivity index (χ0) is 17.6. The number of methoxy groups -OCH3 is 1. The van der Waals surface area contributed by atoms with Crippen LogP contribution in [0.3, 0.4) is 0 Å². The molecular formula is C18H18N2O4S.